The minimum Gasteiger partial charge on any atom is -0.342 e. The summed E-state index contributed by atoms with van der Waals surface area (Å²) in [5.74, 6) is 0. The van der Waals surface area contributed by atoms with Gasteiger partial charge in [-0.2, -0.15) is 5.26 Å². The van der Waals surface area contributed by atoms with Gasteiger partial charge in [0.25, 0.3) is 0 Å². The van der Waals surface area contributed by atoms with Gasteiger partial charge in [-0.3, -0.25) is 0 Å². The minimum atomic E-state index is 0.661. The Labute approximate surface area is 116 Å². The second-order valence-corrected chi connectivity index (χ2v) is 4.81. The summed E-state index contributed by atoms with van der Waals surface area (Å²) >= 11 is 3.45. The molecule has 0 N–H and O–H groups in total. The van der Waals surface area contributed by atoms with E-state index in [1.54, 1.807) is 0 Å². The summed E-state index contributed by atoms with van der Waals surface area (Å²) in [6.07, 6.45) is 0. The van der Waals surface area contributed by atoms with Crippen LogP contribution in [0.15, 0.2) is 53.0 Å². The number of rotatable bonds is 3. The van der Waals surface area contributed by atoms with Crippen molar-refractivity contribution >= 4 is 27.3 Å². The highest BCUT2D eigenvalue weighted by molar-refractivity contribution is 9.10. The number of halogens is 1. The van der Waals surface area contributed by atoms with E-state index in [9.17, 15) is 0 Å². The molecule has 0 fully saturated rings. The van der Waals surface area contributed by atoms with Gasteiger partial charge in [0.1, 0.15) is 0 Å². The van der Waals surface area contributed by atoms with Crippen LogP contribution in [0.1, 0.15) is 12.5 Å². The first-order chi connectivity index (χ1) is 8.74. The highest BCUT2D eigenvalue weighted by Gasteiger charge is 2.08. The van der Waals surface area contributed by atoms with E-state index in [1.807, 2.05) is 36.4 Å². The molecule has 0 amide bonds. The summed E-state index contributed by atoms with van der Waals surface area (Å²) in [5.41, 5.74) is 2.81. The van der Waals surface area contributed by atoms with E-state index in [0.29, 0.717) is 5.56 Å². The normalized spacial score (nSPS) is 9.83. The molecule has 3 heteroatoms. The van der Waals surface area contributed by atoms with Gasteiger partial charge < -0.3 is 4.90 Å². The Bertz CT molecular complexity index is 573. The quantitative estimate of drug-likeness (QED) is 0.836. The van der Waals surface area contributed by atoms with Crippen LogP contribution in [0, 0.1) is 11.3 Å². The monoisotopic (exact) mass is 300 g/mol. The van der Waals surface area contributed by atoms with Crippen LogP contribution in [0.4, 0.5) is 11.4 Å². The maximum atomic E-state index is 9.02. The predicted octanol–water partition coefficient (Wildman–Crippen LogP) is 4.48. The molecule has 0 aliphatic carbocycles. The molecule has 2 aromatic rings. The molecular formula is C15H13BrN2. The molecule has 0 heterocycles. The van der Waals surface area contributed by atoms with E-state index in [4.69, 9.17) is 5.26 Å². The van der Waals surface area contributed by atoms with Crippen molar-refractivity contribution in [1.29, 1.82) is 5.26 Å². The summed E-state index contributed by atoms with van der Waals surface area (Å²) in [7, 11) is 0. The zero-order valence-electron chi connectivity index (χ0n) is 10.1. The number of para-hydroxylation sites is 1. The number of nitriles is 1. The van der Waals surface area contributed by atoms with Crippen molar-refractivity contribution in [3.8, 4) is 6.07 Å². The Hall–Kier alpha value is -1.79. The van der Waals surface area contributed by atoms with E-state index in [-0.39, 0.29) is 0 Å². The zero-order valence-corrected chi connectivity index (χ0v) is 11.7. The fraction of sp³-hybridized carbons (Fsp3) is 0.133. The first-order valence-corrected chi connectivity index (χ1v) is 6.57. The largest absolute Gasteiger partial charge is 0.342 e. The minimum absolute atomic E-state index is 0.661. The maximum Gasteiger partial charge on any atom is 0.0992 e. The third kappa shape index (κ3) is 2.72. The molecule has 0 saturated heterocycles. The SMILES string of the molecule is CCN(c1ccccc1)c1cc(Br)cc(C#N)c1. The molecule has 2 aromatic carbocycles. The summed E-state index contributed by atoms with van der Waals surface area (Å²) in [4.78, 5) is 2.17. The highest BCUT2D eigenvalue weighted by atomic mass is 79.9. The van der Waals surface area contributed by atoms with Crippen LogP contribution < -0.4 is 4.90 Å². The molecule has 90 valence electrons. The maximum absolute atomic E-state index is 9.02. The standard InChI is InChI=1S/C15H13BrN2/c1-2-18(14-6-4-3-5-7-14)15-9-12(11-17)8-13(16)10-15/h3-10H,2H2,1H3. The van der Waals surface area contributed by atoms with Gasteiger partial charge in [-0.15, -0.1) is 0 Å². The second-order valence-electron chi connectivity index (χ2n) is 3.89. The van der Waals surface area contributed by atoms with Gasteiger partial charge in [0.05, 0.1) is 11.6 Å². The molecular weight excluding hydrogens is 288 g/mol. The van der Waals surface area contributed by atoms with Crippen molar-refractivity contribution in [3.05, 3.63) is 58.6 Å². The van der Waals surface area contributed by atoms with Crippen molar-refractivity contribution in [1.82, 2.24) is 0 Å². The van der Waals surface area contributed by atoms with E-state index < -0.39 is 0 Å². The van der Waals surface area contributed by atoms with Gasteiger partial charge in [-0.05, 0) is 37.3 Å². The van der Waals surface area contributed by atoms with Crippen LogP contribution in [0.3, 0.4) is 0 Å². The molecule has 2 nitrogen and oxygen atoms in total. The van der Waals surface area contributed by atoms with Crippen molar-refractivity contribution in [2.45, 2.75) is 6.92 Å². The van der Waals surface area contributed by atoms with Gasteiger partial charge in [0.15, 0.2) is 0 Å². The third-order valence-corrected chi connectivity index (χ3v) is 3.17. The molecule has 0 spiro atoms. The summed E-state index contributed by atoms with van der Waals surface area (Å²) in [5, 5.41) is 9.02. The third-order valence-electron chi connectivity index (χ3n) is 2.71. The van der Waals surface area contributed by atoms with Crippen molar-refractivity contribution in [2.75, 3.05) is 11.4 Å². The van der Waals surface area contributed by atoms with Gasteiger partial charge in [-0.1, -0.05) is 34.1 Å². The van der Waals surface area contributed by atoms with E-state index in [1.165, 1.54) is 0 Å². The van der Waals surface area contributed by atoms with E-state index >= 15 is 0 Å². The van der Waals surface area contributed by atoms with Gasteiger partial charge >= 0.3 is 0 Å². The molecule has 0 aliphatic heterocycles. The average molecular weight is 301 g/mol. The zero-order chi connectivity index (χ0) is 13.0. The number of hydrogen-bond acceptors (Lipinski definition) is 2. The highest BCUT2D eigenvalue weighted by Crippen LogP contribution is 2.28. The molecule has 0 aliphatic rings. The van der Waals surface area contributed by atoms with Gasteiger partial charge in [0.2, 0.25) is 0 Å². The predicted molar refractivity (Wildman–Crippen MR) is 78.0 cm³/mol. The number of nitrogens with zero attached hydrogens (tertiary/aromatic N) is 2. The molecule has 2 rings (SSSR count). The molecule has 0 radical (unpaired) electrons. The first-order valence-electron chi connectivity index (χ1n) is 5.78. The van der Waals surface area contributed by atoms with Crippen molar-refractivity contribution in [3.63, 3.8) is 0 Å². The van der Waals surface area contributed by atoms with Crippen LogP contribution in [0.2, 0.25) is 0 Å². The van der Waals surface area contributed by atoms with E-state index in [2.05, 4.69) is 46.0 Å². The van der Waals surface area contributed by atoms with Gasteiger partial charge in [0, 0.05) is 22.4 Å². The Morgan fingerprint density at radius 2 is 1.83 bits per heavy atom. The fourth-order valence-corrected chi connectivity index (χ4v) is 2.40. The molecule has 0 aromatic heterocycles. The van der Waals surface area contributed by atoms with Crippen LogP contribution in [0.5, 0.6) is 0 Å². The summed E-state index contributed by atoms with van der Waals surface area (Å²) in [6, 6.07) is 18.1. The molecule has 0 bridgehead atoms. The lowest BCUT2D eigenvalue weighted by molar-refractivity contribution is 1.02. The first kappa shape index (κ1) is 12.7. The van der Waals surface area contributed by atoms with Gasteiger partial charge in [-0.25, -0.2) is 0 Å². The Morgan fingerprint density at radius 3 is 2.44 bits per heavy atom. The lowest BCUT2D eigenvalue weighted by Gasteiger charge is -2.23. The van der Waals surface area contributed by atoms with Crippen LogP contribution >= 0.6 is 15.9 Å². The molecule has 0 saturated carbocycles. The van der Waals surface area contributed by atoms with Crippen LogP contribution in [0.25, 0.3) is 0 Å². The van der Waals surface area contributed by atoms with E-state index in [0.717, 1.165) is 22.4 Å². The Balaban J connectivity index is 2.46. The Kier molecular flexibility index (Phi) is 4.01. The topological polar surface area (TPSA) is 27.0 Å². The molecule has 0 unspecified atom stereocenters. The number of benzene rings is 2. The second kappa shape index (κ2) is 5.70. The lowest BCUT2D eigenvalue weighted by atomic mass is 10.2. The van der Waals surface area contributed by atoms with Crippen molar-refractivity contribution in [2.24, 2.45) is 0 Å². The van der Waals surface area contributed by atoms with Crippen LogP contribution in [-0.2, 0) is 0 Å². The lowest BCUT2D eigenvalue weighted by Crippen LogP contribution is -2.15. The number of anilines is 2. The fourth-order valence-electron chi connectivity index (χ4n) is 1.92. The summed E-state index contributed by atoms with van der Waals surface area (Å²) < 4.78 is 0.922. The molecule has 0 atom stereocenters. The Morgan fingerprint density at radius 1 is 1.11 bits per heavy atom. The average Bonchev–Trinajstić information content (AvgIpc) is 2.40. The number of hydrogen-bond donors (Lipinski definition) is 0. The smallest absolute Gasteiger partial charge is 0.0992 e. The van der Waals surface area contributed by atoms with Crippen molar-refractivity contribution < 1.29 is 0 Å². The molecule has 18 heavy (non-hydrogen) atoms. The summed E-state index contributed by atoms with van der Waals surface area (Å²) in [6.45, 7) is 2.95. The van der Waals surface area contributed by atoms with Crippen LogP contribution in [-0.4, -0.2) is 6.54 Å².